The number of hydrogen-bond acceptors (Lipinski definition) is 6. The molecule has 0 saturated carbocycles. The molecule has 0 aliphatic carbocycles. The topological polar surface area (TPSA) is 100 Å². The summed E-state index contributed by atoms with van der Waals surface area (Å²) in [5, 5.41) is 10.2. The van der Waals surface area contributed by atoms with Crippen LogP contribution in [0.3, 0.4) is 0 Å². The van der Waals surface area contributed by atoms with E-state index in [2.05, 4.69) is 58.6 Å². The molecule has 0 atom stereocenters. The first-order valence-electron chi connectivity index (χ1n) is 14.6. The van der Waals surface area contributed by atoms with Gasteiger partial charge in [-0.3, -0.25) is 14.5 Å². The minimum atomic E-state index is -0.194. The summed E-state index contributed by atoms with van der Waals surface area (Å²) in [7, 11) is 0. The van der Waals surface area contributed by atoms with Gasteiger partial charge in [0.05, 0.1) is 17.8 Å². The average molecular weight is 566 g/mol. The monoisotopic (exact) mass is 565 g/mol. The Balaban J connectivity index is 1.10. The van der Waals surface area contributed by atoms with Crippen LogP contribution in [0.4, 0.5) is 5.69 Å². The van der Waals surface area contributed by atoms with E-state index in [0.717, 1.165) is 30.6 Å². The number of anilines is 1. The first-order valence-corrected chi connectivity index (χ1v) is 14.6. The molecule has 0 unspecified atom stereocenters. The molecule has 0 radical (unpaired) electrons. The molecule has 0 spiro atoms. The fourth-order valence-electron chi connectivity index (χ4n) is 5.19. The van der Waals surface area contributed by atoms with Gasteiger partial charge in [-0.1, -0.05) is 92.7 Å². The number of benzene rings is 3. The number of para-hydroxylation sites is 1. The summed E-state index contributed by atoms with van der Waals surface area (Å²) in [5.74, 6) is 0.774. The molecule has 2 heterocycles. The zero-order valence-corrected chi connectivity index (χ0v) is 24.6. The van der Waals surface area contributed by atoms with E-state index >= 15 is 0 Å². The number of carbonyl (C=O) groups excluding carboxylic acids is 2. The number of nitrogens with one attached hydrogen (secondary N) is 2. The van der Waals surface area contributed by atoms with Crippen molar-refractivity contribution in [2.45, 2.75) is 52.0 Å². The third-order valence-electron chi connectivity index (χ3n) is 7.77. The van der Waals surface area contributed by atoms with Gasteiger partial charge < -0.3 is 15.2 Å². The molecule has 5 rings (SSSR count). The normalized spacial score (nSPS) is 14.5. The summed E-state index contributed by atoms with van der Waals surface area (Å²) in [6, 6.07) is 25.5. The number of piperidine rings is 1. The highest BCUT2D eigenvalue weighted by molar-refractivity contribution is 6.04. The van der Waals surface area contributed by atoms with Crippen molar-refractivity contribution < 1.29 is 14.1 Å². The summed E-state index contributed by atoms with van der Waals surface area (Å²) < 4.78 is 5.54. The number of rotatable bonds is 9. The first kappa shape index (κ1) is 29.2. The zero-order chi connectivity index (χ0) is 29.5. The number of likely N-dealkylation sites (tertiary alicyclic amines) is 1. The number of carbonyl (C=O) groups is 2. The van der Waals surface area contributed by atoms with Gasteiger partial charge in [0.2, 0.25) is 17.6 Å². The number of aromatic nitrogens is 2. The molecule has 1 saturated heterocycles. The molecule has 218 valence electrons. The lowest BCUT2D eigenvalue weighted by molar-refractivity contribution is -0.121. The van der Waals surface area contributed by atoms with Gasteiger partial charge in [-0.25, -0.2) is 0 Å². The smallest absolute Gasteiger partial charge is 0.253 e. The number of nitrogens with zero attached hydrogens (tertiary/aromatic N) is 3. The van der Waals surface area contributed by atoms with E-state index < -0.39 is 0 Å². The first-order chi connectivity index (χ1) is 20.3. The molecule has 8 heteroatoms. The number of hydrogen-bond donors (Lipinski definition) is 2. The highest BCUT2D eigenvalue weighted by Gasteiger charge is 2.27. The molecule has 8 nitrogen and oxygen atoms in total. The molecular formula is C34H39N5O3. The van der Waals surface area contributed by atoms with Crippen molar-refractivity contribution in [2.24, 2.45) is 5.92 Å². The minimum absolute atomic E-state index is 0.0574. The Morgan fingerprint density at radius 3 is 2.33 bits per heavy atom. The molecule has 2 N–H and O–H groups in total. The fourth-order valence-corrected chi connectivity index (χ4v) is 5.19. The summed E-state index contributed by atoms with van der Waals surface area (Å²) in [6.45, 7) is 9.13. The largest absolute Gasteiger partial charge is 0.352 e. The Bertz CT molecular complexity index is 1480. The van der Waals surface area contributed by atoms with Gasteiger partial charge in [-0.15, -0.1) is 0 Å². The molecule has 1 fully saturated rings. The third kappa shape index (κ3) is 7.50. The molecule has 0 bridgehead atoms. The molecule has 1 aliphatic rings. The summed E-state index contributed by atoms with van der Waals surface area (Å²) in [4.78, 5) is 32.9. The Kier molecular flexibility index (Phi) is 9.12. The molecule has 4 aromatic rings. The Morgan fingerprint density at radius 1 is 0.929 bits per heavy atom. The van der Waals surface area contributed by atoms with Crippen LogP contribution in [-0.2, 0) is 23.2 Å². The van der Waals surface area contributed by atoms with Crippen molar-refractivity contribution in [3.63, 3.8) is 0 Å². The van der Waals surface area contributed by atoms with Crippen LogP contribution >= 0.6 is 0 Å². The van der Waals surface area contributed by atoms with Crippen LogP contribution in [-0.4, -0.2) is 46.5 Å². The van der Waals surface area contributed by atoms with Crippen molar-refractivity contribution in [3.8, 4) is 11.4 Å². The molecule has 2 amide bonds. The Hall–Kier alpha value is -4.30. The maximum Gasteiger partial charge on any atom is 0.253 e. The minimum Gasteiger partial charge on any atom is -0.352 e. The van der Waals surface area contributed by atoms with Gasteiger partial charge in [0.15, 0.2) is 0 Å². The van der Waals surface area contributed by atoms with E-state index in [1.807, 2.05) is 54.6 Å². The standard InChI is InChI=1S/C34H39N5O3/c1-34(2,3)27-15-13-25(14-16-27)31-37-30(42-38-31)23-39-21-18-26(19-22-39)32(40)36-29-12-8-7-11-28(29)33(41)35-20-17-24-9-5-4-6-10-24/h4-16,26H,17-23H2,1-3H3,(H,35,41)(H,36,40). The lowest BCUT2D eigenvalue weighted by atomic mass is 9.87. The summed E-state index contributed by atoms with van der Waals surface area (Å²) in [6.07, 6.45) is 2.17. The van der Waals surface area contributed by atoms with Crippen LogP contribution in [0.5, 0.6) is 0 Å². The maximum atomic E-state index is 13.2. The van der Waals surface area contributed by atoms with Crippen LogP contribution in [0, 0.1) is 5.92 Å². The van der Waals surface area contributed by atoms with Gasteiger partial charge in [0.1, 0.15) is 0 Å². The molecular weight excluding hydrogens is 526 g/mol. The van der Waals surface area contributed by atoms with E-state index in [0.29, 0.717) is 48.9 Å². The number of amides is 2. The van der Waals surface area contributed by atoms with Crippen LogP contribution in [0.2, 0.25) is 0 Å². The van der Waals surface area contributed by atoms with Crippen molar-refractivity contribution in [3.05, 3.63) is 101 Å². The van der Waals surface area contributed by atoms with E-state index in [4.69, 9.17) is 4.52 Å². The Morgan fingerprint density at radius 2 is 1.62 bits per heavy atom. The highest BCUT2D eigenvalue weighted by Crippen LogP contribution is 2.26. The maximum absolute atomic E-state index is 13.2. The SMILES string of the molecule is CC(C)(C)c1ccc(-c2noc(CN3CCC(C(=O)Nc4ccccc4C(=O)NCCc4ccccc4)CC3)n2)cc1. The van der Waals surface area contributed by atoms with Crippen molar-refractivity contribution in [2.75, 3.05) is 25.0 Å². The van der Waals surface area contributed by atoms with Gasteiger partial charge >= 0.3 is 0 Å². The van der Waals surface area contributed by atoms with E-state index in [9.17, 15) is 9.59 Å². The Labute approximate surface area is 247 Å². The second-order valence-electron chi connectivity index (χ2n) is 11.9. The van der Waals surface area contributed by atoms with Crippen LogP contribution in [0.15, 0.2) is 83.4 Å². The quantitative estimate of drug-likeness (QED) is 0.264. The predicted octanol–water partition coefficient (Wildman–Crippen LogP) is 5.86. The molecule has 42 heavy (non-hydrogen) atoms. The lowest BCUT2D eigenvalue weighted by Gasteiger charge is -2.30. The second-order valence-corrected chi connectivity index (χ2v) is 11.9. The average Bonchev–Trinajstić information content (AvgIpc) is 3.46. The van der Waals surface area contributed by atoms with Gasteiger partial charge in [0.25, 0.3) is 5.91 Å². The second kappa shape index (κ2) is 13.1. The van der Waals surface area contributed by atoms with Gasteiger partial charge in [0, 0.05) is 18.0 Å². The van der Waals surface area contributed by atoms with Crippen LogP contribution in [0.1, 0.15) is 61.0 Å². The van der Waals surface area contributed by atoms with Gasteiger partial charge in [-0.2, -0.15) is 4.98 Å². The fraction of sp³-hybridized carbons (Fsp3) is 0.353. The summed E-state index contributed by atoms with van der Waals surface area (Å²) in [5.41, 5.74) is 4.44. The third-order valence-corrected chi connectivity index (χ3v) is 7.77. The van der Waals surface area contributed by atoms with Crippen molar-refractivity contribution in [1.29, 1.82) is 0 Å². The van der Waals surface area contributed by atoms with E-state index in [-0.39, 0.29) is 23.1 Å². The van der Waals surface area contributed by atoms with E-state index in [1.54, 1.807) is 12.1 Å². The summed E-state index contributed by atoms with van der Waals surface area (Å²) >= 11 is 0. The predicted molar refractivity (Wildman–Crippen MR) is 164 cm³/mol. The highest BCUT2D eigenvalue weighted by atomic mass is 16.5. The zero-order valence-electron chi connectivity index (χ0n) is 24.6. The van der Waals surface area contributed by atoms with E-state index in [1.165, 1.54) is 5.56 Å². The molecule has 1 aromatic heterocycles. The van der Waals surface area contributed by atoms with Crippen LogP contribution < -0.4 is 10.6 Å². The van der Waals surface area contributed by atoms with Crippen molar-refractivity contribution in [1.82, 2.24) is 20.4 Å². The van der Waals surface area contributed by atoms with Crippen LogP contribution in [0.25, 0.3) is 11.4 Å². The lowest BCUT2D eigenvalue weighted by Crippen LogP contribution is -2.38. The van der Waals surface area contributed by atoms with Crippen molar-refractivity contribution >= 4 is 17.5 Å². The molecule has 1 aliphatic heterocycles. The van der Waals surface area contributed by atoms with Gasteiger partial charge in [-0.05, 0) is 61.0 Å². The molecule has 3 aromatic carbocycles.